The molecule has 1 heterocycles. The molecule has 1 aromatic heterocycles. The molecular formula is C6H5F4N3O2. The Kier molecular flexibility index (Phi) is 2.91. The van der Waals surface area contributed by atoms with Crippen LogP contribution in [0.15, 0.2) is 0 Å². The quantitative estimate of drug-likeness (QED) is 0.750. The van der Waals surface area contributed by atoms with Gasteiger partial charge in [0.1, 0.15) is 5.69 Å². The fraction of sp³-hybridized carbons (Fsp3) is 0.500. The van der Waals surface area contributed by atoms with Gasteiger partial charge in [-0.2, -0.15) is 19.1 Å². The molecule has 1 rings (SSSR count). The number of nitrogens with zero attached hydrogens (tertiary/aromatic N) is 2. The summed E-state index contributed by atoms with van der Waals surface area (Å²) in [5.74, 6) is -5.93. The van der Waals surface area contributed by atoms with Crippen molar-refractivity contribution in [1.29, 1.82) is 0 Å². The van der Waals surface area contributed by atoms with E-state index in [-0.39, 0.29) is 0 Å². The van der Waals surface area contributed by atoms with Crippen molar-refractivity contribution >= 4 is 5.97 Å². The summed E-state index contributed by atoms with van der Waals surface area (Å²) >= 11 is 0. The first-order valence-electron chi connectivity index (χ1n) is 3.63. The van der Waals surface area contributed by atoms with E-state index in [2.05, 4.69) is 10.2 Å². The Hall–Kier alpha value is -1.67. The van der Waals surface area contributed by atoms with E-state index >= 15 is 0 Å². The lowest BCUT2D eigenvalue weighted by atomic mass is 10.1. The fourth-order valence-electron chi connectivity index (χ4n) is 0.848. The summed E-state index contributed by atoms with van der Waals surface area (Å²) in [5, 5.41) is 16.3. The highest BCUT2D eigenvalue weighted by Gasteiger charge is 2.42. The molecule has 0 amide bonds. The molecule has 0 unspecified atom stereocenters. The third-order valence-corrected chi connectivity index (χ3v) is 1.55. The highest BCUT2D eigenvalue weighted by molar-refractivity contribution is 5.86. The SMILES string of the molecule is O=C(O)c1n[nH]nc1CC(F)(F)C(F)F. The Balaban J connectivity index is 2.90. The van der Waals surface area contributed by atoms with Crippen LogP contribution in [0.3, 0.4) is 0 Å². The number of nitrogens with one attached hydrogen (secondary N) is 1. The maximum absolute atomic E-state index is 12.5. The van der Waals surface area contributed by atoms with E-state index in [9.17, 15) is 22.4 Å². The molecule has 0 radical (unpaired) electrons. The molecule has 0 bridgehead atoms. The molecule has 0 atom stereocenters. The number of aromatic carboxylic acids is 1. The average Bonchev–Trinajstić information content (AvgIpc) is 2.51. The Labute approximate surface area is 80.1 Å². The minimum atomic E-state index is -4.32. The number of rotatable bonds is 4. The molecule has 15 heavy (non-hydrogen) atoms. The zero-order valence-electron chi connectivity index (χ0n) is 7.05. The predicted octanol–water partition coefficient (Wildman–Crippen LogP) is 0.946. The number of carboxylic acid groups (broad SMARTS) is 1. The first-order valence-corrected chi connectivity index (χ1v) is 3.63. The van der Waals surface area contributed by atoms with Gasteiger partial charge in [0.25, 0.3) is 0 Å². The van der Waals surface area contributed by atoms with Gasteiger partial charge in [0, 0.05) is 0 Å². The summed E-state index contributed by atoms with van der Waals surface area (Å²) in [6, 6.07) is 0. The predicted molar refractivity (Wildman–Crippen MR) is 38.0 cm³/mol. The topological polar surface area (TPSA) is 78.9 Å². The second-order valence-corrected chi connectivity index (χ2v) is 2.66. The molecule has 0 spiro atoms. The highest BCUT2D eigenvalue weighted by atomic mass is 19.3. The van der Waals surface area contributed by atoms with Crippen LogP contribution >= 0.6 is 0 Å². The molecule has 0 aliphatic rings. The van der Waals surface area contributed by atoms with E-state index in [0.29, 0.717) is 0 Å². The smallest absolute Gasteiger partial charge is 0.358 e. The summed E-state index contributed by atoms with van der Waals surface area (Å²) < 4.78 is 48.6. The van der Waals surface area contributed by atoms with Gasteiger partial charge in [0.15, 0.2) is 5.69 Å². The van der Waals surface area contributed by atoms with E-state index in [1.807, 2.05) is 0 Å². The number of halogens is 4. The largest absolute Gasteiger partial charge is 0.476 e. The Morgan fingerprint density at radius 2 is 2.07 bits per heavy atom. The number of carbonyl (C=O) groups is 1. The molecule has 0 saturated carbocycles. The first kappa shape index (κ1) is 11.4. The lowest BCUT2D eigenvalue weighted by Gasteiger charge is -2.13. The average molecular weight is 227 g/mol. The van der Waals surface area contributed by atoms with Crippen LogP contribution in [0, 0.1) is 0 Å². The van der Waals surface area contributed by atoms with Crippen LogP contribution < -0.4 is 0 Å². The summed E-state index contributed by atoms with van der Waals surface area (Å²) in [5.41, 5.74) is -1.48. The number of aromatic nitrogens is 3. The molecule has 1 aromatic rings. The third kappa shape index (κ3) is 2.42. The second kappa shape index (κ2) is 3.83. The lowest BCUT2D eigenvalue weighted by molar-refractivity contribution is -0.127. The first-order chi connectivity index (χ1) is 6.84. The number of aromatic amines is 1. The maximum Gasteiger partial charge on any atom is 0.358 e. The van der Waals surface area contributed by atoms with Gasteiger partial charge in [0.05, 0.1) is 6.42 Å². The monoisotopic (exact) mass is 227 g/mol. The number of H-pyrrole nitrogens is 1. The van der Waals surface area contributed by atoms with Crippen LogP contribution in [0.2, 0.25) is 0 Å². The van der Waals surface area contributed by atoms with E-state index in [4.69, 9.17) is 5.11 Å². The van der Waals surface area contributed by atoms with E-state index in [0.717, 1.165) is 0 Å². The van der Waals surface area contributed by atoms with E-state index in [1.54, 1.807) is 5.21 Å². The van der Waals surface area contributed by atoms with Gasteiger partial charge in [-0.05, 0) is 0 Å². The van der Waals surface area contributed by atoms with Crippen molar-refractivity contribution in [2.24, 2.45) is 0 Å². The highest BCUT2D eigenvalue weighted by Crippen LogP contribution is 2.27. The molecule has 9 heteroatoms. The molecule has 0 fully saturated rings. The molecule has 0 aliphatic carbocycles. The van der Waals surface area contributed by atoms with Crippen LogP contribution in [0.4, 0.5) is 17.6 Å². The minimum absolute atomic E-state index is 0.701. The van der Waals surface area contributed by atoms with Crippen LogP contribution in [0.25, 0.3) is 0 Å². The Bertz CT molecular complexity index is 365. The van der Waals surface area contributed by atoms with Crippen LogP contribution in [-0.4, -0.2) is 38.8 Å². The maximum atomic E-state index is 12.5. The van der Waals surface area contributed by atoms with Crippen LogP contribution in [-0.2, 0) is 6.42 Å². The van der Waals surface area contributed by atoms with Gasteiger partial charge in [-0.3, -0.25) is 0 Å². The lowest BCUT2D eigenvalue weighted by Crippen LogP contribution is -2.30. The van der Waals surface area contributed by atoms with Crippen molar-refractivity contribution in [3.63, 3.8) is 0 Å². The van der Waals surface area contributed by atoms with Crippen LogP contribution in [0.1, 0.15) is 16.2 Å². The van der Waals surface area contributed by atoms with Crippen molar-refractivity contribution in [1.82, 2.24) is 15.4 Å². The summed E-state index contributed by atoms with van der Waals surface area (Å²) in [6.45, 7) is 0. The summed E-state index contributed by atoms with van der Waals surface area (Å²) in [4.78, 5) is 10.4. The van der Waals surface area contributed by atoms with Gasteiger partial charge in [-0.15, -0.1) is 5.10 Å². The number of carboxylic acids is 1. The molecule has 0 saturated heterocycles. The van der Waals surface area contributed by atoms with Crippen molar-refractivity contribution in [3.05, 3.63) is 11.4 Å². The van der Waals surface area contributed by atoms with Gasteiger partial charge >= 0.3 is 18.3 Å². The van der Waals surface area contributed by atoms with Crippen molar-refractivity contribution in [3.8, 4) is 0 Å². The molecule has 0 aromatic carbocycles. The summed E-state index contributed by atoms with van der Waals surface area (Å²) in [6.07, 6.45) is -5.35. The van der Waals surface area contributed by atoms with Gasteiger partial charge in [-0.25, -0.2) is 13.6 Å². The zero-order valence-corrected chi connectivity index (χ0v) is 7.05. The zero-order chi connectivity index (χ0) is 11.6. The second-order valence-electron chi connectivity index (χ2n) is 2.66. The van der Waals surface area contributed by atoms with Gasteiger partial charge < -0.3 is 5.11 Å². The van der Waals surface area contributed by atoms with Gasteiger partial charge in [-0.1, -0.05) is 0 Å². The fourth-order valence-corrected chi connectivity index (χ4v) is 0.848. The third-order valence-electron chi connectivity index (χ3n) is 1.55. The molecule has 84 valence electrons. The minimum Gasteiger partial charge on any atom is -0.476 e. The van der Waals surface area contributed by atoms with Crippen molar-refractivity contribution in [2.45, 2.75) is 18.8 Å². The standard InChI is InChI=1S/C6H5F4N3O2/c7-5(8)6(9,10)1-2-3(4(14)15)12-13-11-2/h5H,1H2,(H,14,15)(H,11,12,13). The van der Waals surface area contributed by atoms with Crippen molar-refractivity contribution in [2.75, 3.05) is 0 Å². The van der Waals surface area contributed by atoms with Crippen molar-refractivity contribution < 1.29 is 27.5 Å². The molecular weight excluding hydrogens is 222 g/mol. The van der Waals surface area contributed by atoms with Gasteiger partial charge in [0.2, 0.25) is 0 Å². The van der Waals surface area contributed by atoms with Crippen LogP contribution in [0.5, 0.6) is 0 Å². The van der Waals surface area contributed by atoms with E-state index in [1.165, 1.54) is 0 Å². The number of alkyl halides is 4. The number of hydrogen-bond donors (Lipinski definition) is 2. The Morgan fingerprint density at radius 3 is 2.53 bits per heavy atom. The Morgan fingerprint density at radius 1 is 1.47 bits per heavy atom. The summed E-state index contributed by atoms with van der Waals surface area (Å²) in [7, 11) is 0. The molecule has 2 N–H and O–H groups in total. The number of hydrogen-bond acceptors (Lipinski definition) is 3. The molecule has 0 aliphatic heterocycles. The normalized spacial score (nSPS) is 12.1. The molecule has 5 nitrogen and oxygen atoms in total. The van der Waals surface area contributed by atoms with E-state index < -0.39 is 36.1 Å².